The molecular formula is C23H22N6O3. The summed E-state index contributed by atoms with van der Waals surface area (Å²) in [6.07, 6.45) is 5.22. The maximum Gasteiger partial charge on any atom is 0.255 e. The van der Waals surface area contributed by atoms with Crippen LogP contribution in [0.3, 0.4) is 0 Å². The summed E-state index contributed by atoms with van der Waals surface area (Å²) in [4.78, 5) is 43.3. The highest BCUT2D eigenvalue weighted by atomic mass is 16.3. The third-order valence-corrected chi connectivity index (χ3v) is 6.00. The lowest BCUT2D eigenvalue weighted by Gasteiger charge is -2.27. The van der Waals surface area contributed by atoms with Crippen molar-refractivity contribution in [1.82, 2.24) is 24.8 Å². The second-order valence-electron chi connectivity index (χ2n) is 8.13. The number of fused-ring (bicyclic) bond motifs is 2. The number of rotatable bonds is 3. The van der Waals surface area contributed by atoms with Crippen LogP contribution in [0.4, 0.5) is 5.88 Å². The number of nitrogen functional groups attached to an aromatic ring is 1. The Hall–Kier alpha value is -3.85. The van der Waals surface area contributed by atoms with Gasteiger partial charge in [-0.1, -0.05) is 0 Å². The van der Waals surface area contributed by atoms with E-state index < -0.39 is 0 Å². The lowest BCUT2D eigenvalue weighted by molar-refractivity contribution is 0.240. The SMILES string of the molecule is Cc1cc2oc(N)c(CN3CCc4nc(-c5cncnc5)[nH]c(=O)c4C3)c(=O)c2cc1C. The molecule has 1 aromatic carbocycles. The third kappa shape index (κ3) is 3.46. The van der Waals surface area contributed by atoms with Gasteiger partial charge in [-0.25, -0.2) is 15.0 Å². The molecule has 0 unspecified atom stereocenters. The molecule has 3 N–H and O–H groups in total. The Morgan fingerprint density at radius 1 is 1.16 bits per heavy atom. The van der Waals surface area contributed by atoms with Gasteiger partial charge < -0.3 is 15.1 Å². The van der Waals surface area contributed by atoms with Gasteiger partial charge in [0.05, 0.1) is 27.8 Å². The molecule has 4 aromatic rings. The van der Waals surface area contributed by atoms with Gasteiger partial charge in [-0.3, -0.25) is 14.5 Å². The van der Waals surface area contributed by atoms with Gasteiger partial charge in [-0.2, -0.15) is 0 Å². The standard InChI is InChI=1S/C23H22N6O3/c1-12-5-15-19(6-13(12)2)32-21(24)17(20(15)30)10-29-4-3-18-16(9-29)23(31)28-22(27-18)14-7-25-11-26-8-14/h5-8,11H,3-4,9-10,24H2,1-2H3,(H,27,28,31). The van der Waals surface area contributed by atoms with E-state index in [1.165, 1.54) is 6.33 Å². The van der Waals surface area contributed by atoms with Crippen LogP contribution in [0.1, 0.15) is 27.9 Å². The van der Waals surface area contributed by atoms with Crippen LogP contribution < -0.4 is 16.7 Å². The Kier molecular flexibility index (Phi) is 4.82. The normalized spacial score (nSPS) is 13.9. The molecule has 0 radical (unpaired) electrons. The molecule has 0 aliphatic carbocycles. The van der Waals surface area contributed by atoms with Crippen LogP contribution in [0, 0.1) is 13.8 Å². The minimum atomic E-state index is -0.205. The molecule has 0 fully saturated rings. The molecule has 4 heterocycles. The van der Waals surface area contributed by atoms with Crippen LogP contribution in [0.25, 0.3) is 22.4 Å². The van der Waals surface area contributed by atoms with E-state index in [1.54, 1.807) is 12.4 Å². The average molecular weight is 430 g/mol. The highest BCUT2D eigenvalue weighted by Gasteiger charge is 2.24. The molecule has 0 spiro atoms. The molecule has 5 rings (SSSR count). The average Bonchev–Trinajstić information content (AvgIpc) is 2.79. The summed E-state index contributed by atoms with van der Waals surface area (Å²) >= 11 is 0. The molecule has 162 valence electrons. The van der Waals surface area contributed by atoms with Crippen molar-refractivity contribution in [2.45, 2.75) is 33.4 Å². The summed E-state index contributed by atoms with van der Waals surface area (Å²) in [5.74, 6) is 0.566. The molecule has 9 heteroatoms. The minimum absolute atomic E-state index is 0.114. The summed E-state index contributed by atoms with van der Waals surface area (Å²) in [5, 5.41) is 0.518. The van der Waals surface area contributed by atoms with Gasteiger partial charge in [0.15, 0.2) is 11.3 Å². The first-order valence-corrected chi connectivity index (χ1v) is 10.3. The van der Waals surface area contributed by atoms with Crippen LogP contribution in [0.15, 0.2) is 44.9 Å². The largest absolute Gasteiger partial charge is 0.440 e. The van der Waals surface area contributed by atoms with E-state index in [1.807, 2.05) is 30.9 Å². The highest BCUT2D eigenvalue weighted by Crippen LogP contribution is 2.24. The number of hydrogen-bond acceptors (Lipinski definition) is 8. The highest BCUT2D eigenvalue weighted by molar-refractivity contribution is 5.80. The Bertz CT molecular complexity index is 1460. The first kappa shape index (κ1) is 20.1. The summed E-state index contributed by atoms with van der Waals surface area (Å²) in [6.45, 7) is 5.22. The number of H-pyrrole nitrogens is 1. The van der Waals surface area contributed by atoms with Crippen LogP contribution in [-0.4, -0.2) is 31.4 Å². The molecule has 1 aliphatic rings. The van der Waals surface area contributed by atoms with Crippen LogP contribution in [0.2, 0.25) is 0 Å². The second-order valence-corrected chi connectivity index (χ2v) is 8.13. The maximum atomic E-state index is 13.1. The Morgan fingerprint density at radius 2 is 1.91 bits per heavy atom. The molecule has 0 saturated carbocycles. The molecule has 0 bridgehead atoms. The monoisotopic (exact) mass is 430 g/mol. The lowest BCUT2D eigenvalue weighted by Crippen LogP contribution is -2.36. The van der Waals surface area contributed by atoms with Crippen molar-refractivity contribution >= 4 is 16.9 Å². The first-order chi connectivity index (χ1) is 15.4. The zero-order valence-electron chi connectivity index (χ0n) is 17.8. The quantitative estimate of drug-likeness (QED) is 0.505. The molecule has 9 nitrogen and oxygen atoms in total. The van der Waals surface area contributed by atoms with Crippen molar-refractivity contribution in [3.05, 3.63) is 79.4 Å². The smallest absolute Gasteiger partial charge is 0.255 e. The molecule has 0 amide bonds. The number of benzene rings is 1. The van der Waals surface area contributed by atoms with E-state index in [-0.39, 0.29) is 16.9 Å². The number of nitrogens with two attached hydrogens (primary N) is 1. The molecule has 1 aliphatic heterocycles. The van der Waals surface area contributed by atoms with E-state index >= 15 is 0 Å². The first-order valence-electron chi connectivity index (χ1n) is 10.3. The van der Waals surface area contributed by atoms with Crippen molar-refractivity contribution in [1.29, 1.82) is 0 Å². The number of nitrogens with one attached hydrogen (secondary N) is 1. The van der Waals surface area contributed by atoms with Crippen molar-refractivity contribution in [3.8, 4) is 11.4 Å². The van der Waals surface area contributed by atoms with E-state index in [0.717, 1.165) is 16.8 Å². The summed E-state index contributed by atoms with van der Waals surface area (Å²) < 4.78 is 5.77. The van der Waals surface area contributed by atoms with Gasteiger partial charge in [-0.05, 0) is 37.1 Å². The van der Waals surface area contributed by atoms with E-state index in [9.17, 15) is 9.59 Å². The molecule has 0 atom stereocenters. The van der Waals surface area contributed by atoms with Gasteiger partial charge >= 0.3 is 0 Å². The zero-order valence-corrected chi connectivity index (χ0v) is 17.8. The fourth-order valence-corrected chi connectivity index (χ4v) is 4.05. The fourth-order valence-electron chi connectivity index (χ4n) is 4.05. The molecule has 3 aromatic heterocycles. The predicted molar refractivity (Wildman–Crippen MR) is 120 cm³/mol. The number of aromatic amines is 1. The van der Waals surface area contributed by atoms with E-state index in [4.69, 9.17) is 10.2 Å². The van der Waals surface area contributed by atoms with Crippen LogP contribution in [0.5, 0.6) is 0 Å². The van der Waals surface area contributed by atoms with Gasteiger partial charge in [0.1, 0.15) is 17.7 Å². The van der Waals surface area contributed by atoms with Gasteiger partial charge in [0, 0.05) is 38.4 Å². The van der Waals surface area contributed by atoms with Crippen molar-refractivity contribution < 1.29 is 4.42 Å². The van der Waals surface area contributed by atoms with Crippen molar-refractivity contribution in [3.63, 3.8) is 0 Å². The van der Waals surface area contributed by atoms with Gasteiger partial charge in [-0.15, -0.1) is 0 Å². The van der Waals surface area contributed by atoms with Crippen molar-refractivity contribution in [2.75, 3.05) is 12.3 Å². The molecule has 32 heavy (non-hydrogen) atoms. The summed E-state index contributed by atoms with van der Waals surface area (Å²) in [5.41, 5.74) is 10.7. The number of aromatic nitrogens is 4. The summed E-state index contributed by atoms with van der Waals surface area (Å²) in [6, 6.07) is 3.68. The topological polar surface area (TPSA) is 131 Å². The van der Waals surface area contributed by atoms with E-state index in [0.29, 0.717) is 59.5 Å². The fraction of sp³-hybridized carbons (Fsp3) is 0.261. The van der Waals surface area contributed by atoms with Crippen molar-refractivity contribution in [2.24, 2.45) is 0 Å². The van der Waals surface area contributed by atoms with Gasteiger partial charge in [0.2, 0.25) is 0 Å². The van der Waals surface area contributed by atoms with Gasteiger partial charge in [0.25, 0.3) is 5.56 Å². The number of anilines is 1. The number of aryl methyl sites for hydroxylation is 2. The van der Waals surface area contributed by atoms with E-state index in [2.05, 4.69) is 19.9 Å². The van der Waals surface area contributed by atoms with Crippen LogP contribution >= 0.6 is 0 Å². The Morgan fingerprint density at radius 3 is 2.69 bits per heavy atom. The molecule has 0 saturated heterocycles. The number of hydrogen-bond donors (Lipinski definition) is 2. The number of nitrogens with zero attached hydrogens (tertiary/aromatic N) is 4. The lowest BCUT2D eigenvalue weighted by atomic mass is 10.0. The molecular weight excluding hydrogens is 408 g/mol. The zero-order chi connectivity index (χ0) is 22.4. The predicted octanol–water partition coefficient (Wildman–Crippen LogP) is 2.09. The second kappa shape index (κ2) is 7.69. The summed E-state index contributed by atoms with van der Waals surface area (Å²) in [7, 11) is 0. The third-order valence-electron chi connectivity index (χ3n) is 6.00. The maximum absolute atomic E-state index is 13.1. The Balaban J connectivity index is 1.46. The minimum Gasteiger partial charge on any atom is -0.440 e. The van der Waals surface area contributed by atoms with Crippen LogP contribution in [-0.2, 0) is 19.5 Å². The Labute approximate surface area is 183 Å².